The predicted molar refractivity (Wildman–Crippen MR) is 95.4 cm³/mol. The van der Waals surface area contributed by atoms with Gasteiger partial charge in [-0.05, 0) is 24.6 Å². The Kier molecular flexibility index (Phi) is 5.14. The van der Waals surface area contributed by atoms with Crippen molar-refractivity contribution in [1.82, 2.24) is 5.32 Å². The van der Waals surface area contributed by atoms with E-state index >= 15 is 0 Å². The summed E-state index contributed by atoms with van der Waals surface area (Å²) < 4.78 is 5.07. The molecule has 0 saturated carbocycles. The van der Waals surface area contributed by atoms with Crippen LogP contribution in [0.4, 0.5) is 0 Å². The van der Waals surface area contributed by atoms with Crippen LogP contribution < -0.4 is 5.32 Å². The number of hydrogen-bond acceptors (Lipinski definition) is 4. The number of carbonyl (C=O) groups excluding carboxylic acids is 2. The van der Waals surface area contributed by atoms with Crippen molar-refractivity contribution in [2.24, 2.45) is 10.9 Å². The molecule has 5 nitrogen and oxygen atoms in total. The van der Waals surface area contributed by atoms with E-state index in [2.05, 4.69) is 10.3 Å². The van der Waals surface area contributed by atoms with Gasteiger partial charge in [0.2, 0.25) is 5.91 Å². The van der Waals surface area contributed by atoms with Crippen LogP contribution in [0.5, 0.6) is 0 Å². The summed E-state index contributed by atoms with van der Waals surface area (Å²) in [6.45, 7) is 1.90. The highest BCUT2D eigenvalue weighted by molar-refractivity contribution is 6.30. The molecule has 2 aromatic rings. The SMILES string of the molecule is CCOC(=O)[C@@H]1C(=O)NC(c2ccccc2)=N[C@H]1c1ccc(Cl)cc1. The number of benzene rings is 2. The van der Waals surface area contributed by atoms with Crippen LogP contribution >= 0.6 is 11.6 Å². The average molecular weight is 357 g/mol. The average Bonchev–Trinajstić information content (AvgIpc) is 2.62. The Morgan fingerprint density at radius 3 is 2.48 bits per heavy atom. The Balaban J connectivity index is 2.05. The van der Waals surface area contributed by atoms with Crippen molar-refractivity contribution in [3.05, 3.63) is 70.7 Å². The van der Waals surface area contributed by atoms with Crippen LogP contribution in [0.15, 0.2) is 59.6 Å². The van der Waals surface area contributed by atoms with E-state index in [4.69, 9.17) is 16.3 Å². The lowest BCUT2D eigenvalue weighted by molar-refractivity contribution is -0.153. The number of rotatable bonds is 4. The molecule has 1 amide bonds. The molecule has 0 unspecified atom stereocenters. The second-order valence-electron chi connectivity index (χ2n) is 5.56. The Bertz CT molecular complexity index is 803. The van der Waals surface area contributed by atoms with Gasteiger partial charge in [-0.2, -0.15) is 0 Å². The van der Waals surface area contributed by atoms with Gasteiger partial charge in [-0.1, -0.05) is 54.1 Å². The first-order chi connectivity index (χ1) is 12.1. The van der Waals surface area contributed by atoms with E-state index < -0.39 is 23.8 Å². The van der Waals surface area contributed by atoms with Crippen LogP contribution in [0.1, 0.15) is 24.1 Å². The molecule has 0 spiro atoms. The third-order valence-electron chi connectivity index (χ3n) is 3.91. The van der Waals surface area contributed by atoms with Crippen molar-refractivity contribution in [2.45, 2.75) is 13.0 Å². The Morgan fingerprint density at radius 1 is 1.16 bits per heavy atom. The van der Waals surface area contributed by atoms with Gasteiger partial charge in [0.15, 0.2) is 5.92 Å². The quantitative estimate of drug-likeness (QED) is 0.676. The molecule has 1 heterocycles. The Morgan fingerprint density at radius 2 is 1.84 bits per heavy atom. The molecule has 0 aliphatic carbocycles. The van der Waals surface area contributed by atoms with Crippen LogP contribution in [-0.4, -0.2) is 24.3 Å². The van der Waals surface area contributed by atoms with Crippen LogP contribution in [0, 0.1) is 5.92 Å². The molecular weight excluding hydrogens is 340 g/mol. The lowest BCUT2D eigenvalue weighted by atomic mass is 9.90. The molecule has 2 atom stereocenters. The van der Waals surface area contributed by atoms with Gasteiger partial charge in [-0.15, -0.1) is 0 Å². The fraction of sp³-hybridized carbons (Fsp3) is 0.211. The maximum atomic E-state index is 12.6. The lowest BCUT2D eigenvalue weighted by Crippen LogP contribution is -2.47. The molecule has 0 aromatic heterocycles. The van der Waals surface area contributed by atoms with Crippen LogP contribution in [0.3, 0.4) is 0 Å². The maximum absolute atomic E-state index is 12.6. The van der Waals surface area contributed by atoms with Crippen molar-refractivity contribution >= 4 is 29.3 Å². The van der Waals surface area contributed by atoms with E-state index in [1.165, 1.54) is 0 Å². The van der Waals surface area contributed by atoms with Gasteiger partial charge in [0.25, 0.3) is 0 Å². The molecule has 1 aliphatic heterocycles. The van der Waals surface area contributed by atoms with Gasteiger partial charge in [-0.25, -0.2) is 0 Å². The minimum Gasteiger partial charge on any atom is -0.465 e. The standard InChI is InChI=1S/C19H17ClN2O3/c1-2-25-19(24)15-16(12-8-10-14(20)11-9-12)21-17(22-18(15)23)13-6-4-3-5-7-13/h3-11,15-16H,2H2,1H3,(H,21,22,23)/t15-,16-/m0/s1. The molecule has 2 aromatic carbocycles. The molecule has 0 fully saturated rings. The second-order valence-corrected chi connectivity index (χ2v) is 6.00. The highest BCUT2D eigenvalue weighted by atomic mass is 35.5. The van der Waals surface area contributed by atoms with Gasteiger partial charge in [0.05, 0.1) is 12.6 Å². The third-order valence-corrected chi connectivity index (χ3v) is 4.16. The number of amidine groups is 1. The first-order valence-corrected chi connectivity index (χ1v) is 8.34. The topological polar surface area (TPSA) is 67.8 Å². The molecule has 6 heteroatoms. The van der Waals surface area contributed by atoms with Crippen LogP contribution in [-0.2, 0) is 14.3 Å². The Hall–Kier alpha value is -2.66. The van der Waals surface area contributed by atoms with E-state index in [1.54, 1.807) is 31.2 Å². The zero-order valence-corrected chi connectivity index (χ0v) is 14.4. The van der Waals surface area contributed by atoms with Gasteiger partial charge >= 0.3 is 5.97 Å². The number of amides is 1. The second kappa shape index (κ2) is 7.49. The minimum absolute atomic E-state index is 0.200. The fourth-order valence-corrected chi connectivity index (χ4v) is 2.85. The molecule has 128 valence electrons. The largest absolute Gasteiger partial charge is 0.465 e. The third kappa shape index (κ3) is 3.72. The van der Waals surface area contributed by atoms with Crippen molar-refractivity contribution in [2.75, 3.05) is 6.61 Å². The van der Waals surface area contributed by atoms with E-state index in [0.29, 0.717) is 10.9 Å². The number of nitrogens with one attached hydrogen (secondary N) is 1. The van der Waals surface area contributed by atoms with Crippen molar-refractivity contribution in [3.63, 3.8) is 0 Å². The van der Waals surface area contributed by atoms with Crippen molar-refractivity contribution < 1.29 is 14.3 Å². The van der Waals surface area contributed by atoms with E-state index in [-0.39, 0.29) is 6.61 Å². The van der Waals surface area contributed by atoms with Crippen molar-refractivity contribution in [3.8, 4) is 0 Å². The van der Waals surface area contributed by atoms with Crippen LogP contribution in [0.2, 0.25) is 5.02 Å². The number of aliphatic imine (C=N–C) groups is 1. The number of ether oxygens (including phenoxy) is 1. The maximum Gasteiger partial charge on any atom is 0.321 e. The number of carbonyl (C=O) groups is 2. The molecule has 0 radical (unpaired) electrons. The summed E-state index contributed by atoms with van der Waals surface area (Å²) in [5.74, 6) is -1.61. The molecule has 0 bridgehead atoms. The lowest BCUT2D eigenvalue weighted by Gasteiger charge is -2.28. The number of nitrogens with zero attached hydrogens (tertiary/aromatic N) is 1. The van der Waals surface area contributed by atoms with Gasteiger partial charge in [0.1, 0.15) is 5.84 Å². The number of hydrogen-bond donors (Lipinski definition) is 1. The van der Waals surface area contributed by atoms with Gasteiger partial charge in [0, 0.05) is 10.6 Å². The highest BCUT2D eigenvalue weighted by Gasteiger charge is 2.41. The smallest absolute Gasteiger partial charge is 0.321 e. The number of esters is 1. The van der Waals surface area contributed by atoms with E-state index in [9.17, 15) is 9.59 Å². The van der Waals surface area contributed by atoms with Gasteiger partial charge < -0.3 is 10.1 Å². The summed E-state index contributed by atoms with van der Waals surface area (Å²) >= 11 is 5.95. The minimum atomic E-state index is -1.03. The molecule has 0 saturated heterocycles. The van der Waals surface area contributed by atoms with Gasteiger partial charge in [-0.3, -0.25) is 14.6 Å². The van der Waals surface area contributed by atoms with Crippen molar-refractivity contribution in [1.29, 1.82) is 0 Å². The zero-order chi connectivity index (χ0) is 17.8. The fourth-order valence-electron chi connectivity index (χ4n) is 2.72. The zero-order valence-electron chi connectivity index (χ0n) is 13.6. The molecular formula is C19H17ClN2O3. The Labute approximate surface area is 150 Å². The number of halogens is 1. The molecule has 1 aliphatic rings. The molecule has 3 rings (SSSR count). The molecule has 1 N–H and O–H groups in total. The summed E-state index contributed by atoms with van der Waals surface area (Å²) in [4.78, 5) is 29.6. The first-order valence-electron chi connectivity index (χ1n) is 7.96. The predicted octanol–water partition coefficient (Wildman–Crippen LogP) is 3.14. The van der Waals surface area contributed by atoms with E-state index in [0.717, 1.165) is 11.1 Å². The normalized spacial score (nSPS) is 19.8. The monoisotopic (exact) mass is 356 g/mol. The van der Waals surface area contributed by atoms with Crippen LogP contribution in [0.25, 0.3) is 0 Å². The highest BCUT2D eigenvalue weighted by Crippen LogP contribution is 2.32. The molecule has 25 heavy (non-hydrogen) atoms. The summed E-state index contributed by atoms with van der Waals surface area (Å²) in [7, 11) is 0. The van der Waals surface area contributed by atoms with E-state index in [1.807, 2.05) is 30.3 Å². The first kappa shape index (κ1) is 17.2. The summed E-state index contributed by atoms with van der Waals surface area (Å²) in [5, 5.41) is 3.29. The summed E-state index contributed by atoms with van der Waals surface area (Å²) in [5.41, 5.74) is 1.50. The summed E-state index contributed by atoms with van der Waals surface area (Å²) in [6, 6.07) is 15.6. The summed E-state index contributed by atoms with van der Waals surface area (Å²) in [6.07, 6.45) is 0.